The Labute approximate surface area is 81.1 Å². The van der Waals surface area contributed by atoms with Gasteiger partial charge in [0.05, 0.1) is 0 Å². The first-order valence-electron chi connectivity index (χ1n) is 5.39. The van der Waals surface area contributed by atoms with Crippen LogP contribution in [-0.2, 0) is 0 Å². The molecule has 0 aromatic heterocycles. The summed E-state index contributed by atoms with van der Waals surface area (Å²) in [5, 5.41) is 0. The predicted molar refractivity (Wildman–Crippen MR) is 53.8 cm³/mol. The van der Waals surface area contributed by atoms with Crippen LogP contribution in [0.1, 0.15) is 57.8 Å². The third-order valence-electron chi connectivity index (χ3n) is 2.89. The molecule has 0 heterocycles. The third-order valence-corrected chi connectivity index (χ3v) is 5.32. The van der Waals surface area contributed by atoms with Crippen LogP contribution in [0.25, 0.3) is 0 Å². The van der Waals surface area contributed by atoms with Crippen molar-refractivity contribution < 1.29 is 0 Å². The second-order valence-electron chi connectivity index (χ2n) is 4.16. The van der Waals surface area contributed by atoms with E-state index in [0.717, 1.165) is 18.6 Å². The molecule has 1 aliphatic carbocycles. The van der Waals surface area contributed by atoms with Gasteiger partial charge in [0.1, 0.15) is 0 Å². The number of hydrogen-bond donors (Lipinski definition) is 0. The molecule has 0 saturated heterocycles. The summed E-state index contributed by atoms with van der Waals surface area (Å²) in [6, 6.07) is 0. The van der Waals surface area contributed by atoms with Crippen molar-refractivity contribution in [2.45, 2.75) is 62.3 Å². The van der Waals surface area contributed by atoms with Gasteiger partial charge in [0.25, 0.3) is 0 Å². The Hall–Kier alpha value is 0.636. The van der Waals surface area contributed by atoms with Crippen LogP contribution in [0.4, 0.5) is 0 Å². The van der Waals surface area contributed by atoms with Gasteiger partial charge in [0, 0.05) is 0 Å². The minimum atomic E-state index is 1.10. The van der Waals surface area contributed by atoms with E-state index in [1.165, 1.54) is 49.4 Å². The zero-order valence-corrected chi connectivity index (χ0v) is 12.1. The van der Waals surface area contributed by atoms with Crippen LogP contribution >= 0.6 is 0 Å². The van der Waals surface area contributed by atoms with Crippen LogP contribution < -0.4 is 0 Å². The Balaban J connectivity index is 2.12. The van der Waals surface area contributed by atoms with Crippen LogP contribution in [0.5, 0.6) is 0 Å². The Bertz CT molecular complexity index is 80.9. The summed E-state index contributed by atoms with van der Waals surface area (Å²) < 4.78 is 1.19. The molecule has 11 heavy (non-hydrogen) atoms. The first-order chi connectivity index (χ1) is 5.39. The van der Waals surface area contributed by atoms with Crippen LogP contribution in [0.15, 0.2) is 0 Å². The monoisotopic (exact) mass is 210 g/mol. The van der Waals surface area contributed by atoms with Gasteiger partial charge in [0.15, 0.2) is 0 Å². The molecule has 0 unspecified atom stereocenters. The Kier molecular flexibility index (Phi) is 5.47. The number of hydrogen-bond acceptors (Lipinski definition) is 0. The summed E-state index contributed by atoms with van der Waals surface area (Å²) in [6.07, 6.45) is 13.8. The van der Waals surface area contributed by atoms with Gasteiger partial charge in [-0.15, -0.1) is 0 Å². The summed E-state index contributed by atoms with van der Waals surface area (Å²) in [6.45, 7) is 0. The Morgan fingerprint density at radius 1 is 0.636 bits per heavy atom. The first kappa shape index (κ1) is 9.72. The zero-order chi connectivity index (χ0) is 7.94. The molecule has 1 aliphatic rings. The summed E-state index contributed by atoms with van der Waals surface area (Å²) in [5.74, 6) is 0. The zero-order valence-electron chi connectivity index (χ0n) is 7.94. The van der Waals surface area contributed by atoms with Gasteiger partial charge < -0.3 is 0 Å². The van der Waals surface area contributed by atoms with Crippen LogP contribution in [0.2, 0.25) is 4.47 Å². The topological polar surface area (TPSA) is 0 Å². The first-order valence-corrected chi connectivity index (χ1v) is 7.82. The van der Waals surface area contributed by atoms with Gasteiger partial charge in [-0.2, -0.15) is 0 Å². The third kappa shape index (κ3) is 4.97. The van der Waals surface area contributed by atoms with E-state index in [4.69, 9.17) is 0 Å². The molecule has 0 bridgehead atoms. The normalized spacial score (nSPS) is 24.7. The molecule has 1 saturated carbocycles. The fraction of sp³-hybridized carbons (Fsp3) is 1.00. The molecular formula is C10H21Ga. The molecule has 0 atom stereocenters. The molecule has 0 amide bonds. The summed E-state index contributed by atoms with van der Waals surface area (Å²) in [5.41, 5.74) is 0. The fourth-order valence-electron chi connectivity index (χ4n) is 2.01. The molecular weight excluding hydrogens is 190 g/mol. The Morgan fingerprint density at radius 2 is 1.00 bits per heavy atom. The van der Waals surface area contributed by atoms with E-state index in [1.807, 2.05) is 0 Å². The van der Waals surface area contributed by atoms with E-state index in [0.29, 0.717) is 0 Å². The van der Waals surface area contributed by atoms with Crippen molar-refractivity contribution in [2.75, 3.05) is 0 Å². The average Bonchev–Trinajstić information content (AvgIpc) is 2.03. The molecule has 0 aliphatic heterocycles. The second kappa shape index (κ2) is 6.19. The van der Waals surface area contributed by atoms with E-state index < -0.39 is 0 Å². The van der Waals surface area contributed by atoms with Crippen LogP contribution in [-0.4, -0.2) is 18.6 Å². The van der Waals surface area contributed by atoms with Gasteiger partial charge in [-0.3, -0.25) is 0 Å². The van der Waals surface area contributed by atoms with Crippen molar-refractivity contribution in [3.05, 3.63) is 0 Å². The molecule has 0 aromatic rings. The maximum atomic E-state index is 1.57. The van der Waals surface area contributed by atoms with Crippen LogP contribution in [0, 0.1) is 0 Å². The summed E-state index contributed by atoms with van der Waals surface area (Å²) >= 11 is 1.10. The van der Waals surface area contributed by atoms with Crippen molar-refractivity contribution in [2.24, 2.45) is 0 Å². The van der Waals surface area contributed by atoms with E-state index >= 15 is 0 Å². The van der Waals surface area contributed by atoms with Gasteiger partial charge in [-0.1, -0.05) is 0 Å². The molecule has 0 radical (unpaired) electrons. The van der Waals surface area contributed by atoms with E-state index in [1.54, 1.807) is 12.8 Å². The van der Waals surface area contributed by atoms with Crippen molar-refractivity contribution in [3.63, 3.8) is 0 Å². The molecule has 0 spiro atoms. The van der Waals surface area contributed by atoms with E-state index in [9.17, 15) is 0 Å². The van der Waals surface area contributed by atoms with E-state index in [-0.39, 0.29) is 0 Å². The van der Waals surface area contributed by atoms with Crippen LogP contribution in [0.3, 0.4) is 0 Å². The van der Waals surface area contributed by atoms with Gasteiger partial charge in [0.2, 0.25) is 0 Å². The molecule has 1 fully saturated rings. The number of rotatable bonds is 0. The van der Waals surface area contributed by atoms with Crippen molar-refractivity contribution >= 4 is 18.6 Å². The van der Waals surface area contributed by atoms with Gasteiger partial charge >= 0.3 is 80.9 Å². The van der Waals surface area contributed by atoms with E-state index in [2.05, 4.69) is 0 Å². The summed E-state index contributed by atoms with van der Waals surface area (Å²) in [7, 11) is 0. The SMILES string of the molecule is [GaH2][CH]1CCCCCCCCC1. The molecule has 0 N–H and O–H groups in total. The fourth-order valence-corrected chi connectivity index (χ4v) is 3.73. The molecule has 0 aromatic carbocycles. The standard InChI is InChI=1S/C10H19.Ga.2H/c1-2-4-6-8-10-9-7-5-3-1;;;/h1H,2-10H2;;;. The molecule has 1 heteroatoms. The van der Waals surface area contributed by atoms with Gasteiger partial charge in [-0.05, 0) is 0 Å². The predicted octanol–water partition coefficient (Wildman–Crippen LogP) is 2.93. The molecule has 0 nitrogen and oxygen atoms in total. The maximum absolute atomic E-state index is 1.57. The molecule has 1 rings (SSSR count). The molecule has 64 valence electrons. The van der Waals surface area contributed by atoms with Crippen molar-refractivity contribution in [1.82, 2.24) is 0 Å². The minimum absolute atomic E-state index is 1.10. The van der Waals surface area contributed by atoms with Gasteiger partial charge in [-0.25, -0.2) is 0 Å². The quantitative estimate of drug-likeness (QED) is 0.540. The second-order valence-corrected chi connectivity index (χ2v) is 7.58. The Morgan fingerprint density at radius 3 is 1.45 bits per heavy atom. The van der Waals surface area contributed by atoms with Crippen molar-refractivity contribution in [3.8, 4) is 0 Å². The summed E-state index contributed by atoms with van der Waals surface area (Å²) in [4.78, 5) is 0. The van der Waals surface area contributed by atoms with Crippen molar-refractivity contribution in [1.29, 1.82) is 0 Å². The average molecular weight is 211 g/mol.